The van der Waals surface area contributed by atoms with Crippen molar-refractivity contribution in [1.82, 2.24) is 5.32 Å². The van der Waals surface area contributed by atoms with Crippen molar-refractivity contribution in [3.8, 4) is 0 Å². The molecule has 0 aliphatic carbocycles. The number of azide groups is 1. The highest BCUT2D eigenvalue weighted by Gasteiger charge is 2.24. The van der Waals surface area contributed by atoms with Crippen LogP contribution in [0.4, 0.5) is 10.5 Å². The molecule has 20 heavy (non-hydrogen) atoms. The van der Waals surface area contributed by atoms with Crippen LogP contribution >= 0.6 is 0 Å². The van der Waals surface area contributed by atoms with Crippen molar-refractivity contribution in [2.24, 2.45) is 11.0 Å². The second-order valence-electron chi connectivity index (χ2n) is 5.09. The van der Waals surface area contributed by atoms with Crippen LogP contribution in [0.15, 0.2) is 35.4 Å². The van der Waals surface area contributed by atoms with Gasteiger partial charge >= 0.3 is 6.03 Å². The summed E-state index contributed by atoms with van der Waals surface area (Å²) in [6.07, 6.45) is 2.04. The Hall–Kier alpha value is -2.20. The van der Waals surface area contributed by atoms with Crippen LogP contribution in [-0.2, 0) is 0 Å². The zero-order valence-corrected chi connectivity index (χ0v) is 11.6. The Morgan fingerprint density at radius 1 is 1.40 bits per heavy atom. The molecule has 0 aromatic heterocycles. The first-order chi connectivity index (χ1) is 9.70. The predicted octanol–water partition coefficient (Wildman–Crippen LogP) is 3.31. The number of urea groups is 1. The molecule has 1 unspecified atom stereocenters. The van der Waals surface area contributed by atoms with E-state index in [9.17, 15) is 4.79 Å². The van der Waals surface area contributed by atoms with Gasteiger partial charge < -0.3 is 10.2 Å². The number of carbonyl (C=O) groups excluding carboxylic acids is 1. The molecule has 2 amide bonds. The number of amides is 2. The summed E-state index contributed by atoms with van der Waals surface area (Å²) in [7, 11) is 0. The fourth-order valence-electron chi connectivity index (χ4n) is 2.68. The highest BCUT2D eigenvalue weighted by Crippen LogP contribution is 2.25. The van der Waals surface area contributed by atoms with Gasteiger partial charge in [-0.3, -0.25) is 4.79 Å². The number of hydrogen-bond donors (Lipinski definition) is 1. The number of nitrogens with zero attached hydrogens (tertiary/aromatic N) is 4. The maximum Gasteiger partial charge on any atom is 0.308 e. The molecule has 0 spiro atoms. The van der Waals surface area contributed by atoms with E-state index in [2.05, 4.69) is 32.4 Å². The third kappa shape index (κ3) is 3.65. The number of carbonyl (C=O) groups is 1. The fourth-order valence-corrected chi connectivity index (χ4v) is 2.68. The molecule has 2 rings (SSSR count). The van der Waals surface area contributed by atoms with Gasteiger partial charge in [-0.2, -0.15) is 0 Å². The summed E-state index contributed by atoms with van der Waals surface area (Å²) in [4.78, 5) is 16.1. The molecule has 1 saturated heterocycles. The van der Waals surface area contributed by atoms with E-state index in [4.69, 9.17) is 5.53 Å². The number of rotatable bonds is 3. The quantitative estimate of drug-likeness (QED) is 0.520. The average molecular weight is 273 g/mol. The maximum absolute atomic E-state index is 11.2. The van der Waals surface area contributed by atoms with Gasteiger partial charge in [0.15, 0.2) is 0 Å². The summed E-state index contributed by atoms with van der Waals surface area (Å²) in [6.45, 7) is 3.93. The summed E-state index contributed by atoms with van der Waals surface area (Å²) < 4.78 is 0. The van der Waals surface area contributed by atoms with Crippen molar-refractivity contribution in [3.05, 3.63) is 40.8 Å². The minimum atomic E-state index is -0.592. The van der Waals surface area contributed by atoms with Gasteiger partial charge in [-0.15, -0.1) is 0 Å². The fraction of sp³-hybridized carbons (Fsp3) is 0.500. The zero-order valence-electron chi connectivity index (χ0n) is 11.6. The molecule has 0 bridgehead atoms. The predicted molar refractivity (Wildman–Crippen MR) is 78.5 cm³/mol. The van der Waals surface area contributed by atoms with Gasteiger partial charge in [0, 0.05) is 34.8 Å². The molecule has 1 aromatic carbocycles. The number of benzene rings is 1. The molecule has 0 saturated carbocycles. The van der Waals surface area contributed by atoms with Crippen LogP contribution < -0.4 is 10.2 Å². The first kappa shape index (κ1) is 14.2. The van der Waals surface area contributed by atoms with Gasteiger partial charge in [0.25, 0.3) is 0 Å². The Labute approximate surface area is 118 Å². The number of anilines is 1. The Morgan fingerprint density at radius 3 is 2.65 bits per heavy atom. The Bertz CT molecular complexity index is 490. The first-order valence-electron chi connectivity index (χ1n) is 6.86. The Morgan fingerprint density at radius 2 is 2.05 bits per heavy atom. The minimum Gasteiger partial charge on any atom is -0.372 e. The third-order valence-corrected chi connectivity index (χ3v) is 3.85. The topological polar surface area (TPSA) is 81.1 Å². The lowest BCUT2D eigenvalue weighted by Gasteiger charge is -2.36. The van der Waals surface area contributed by atoms with Crippen molar-refractivity contribution < 1.29 is 4.79 Å². The van der Waals surface area contributed by atoms with Crippen LogP contribution in [0.2, 0.25) is 0 Å². The number of nitrogens with one attached hydrogen (secondary N) is 1. The van der Waals surface area contributed by atoms with E-state index in [0.29, 0.717) is 5.92 Å². The molecule has 1 fully saturated rings. The van der Waals surface area contributed by atoms with Gasteiger partial charge in [-0.05, 0) is 43.3 Å². The van der Waals surface area contributed by atoms with Crippen LogP contribution in [0, 0.1) is 5.92 Å². The second-order valence-corrected chi connectivity index (χ2v) is 5.09. The van der Waals surface area contributed by atoms with Crippen LogP contribution in [0.1, 0.15) is 19.8 Å². The normalized spacial score (nSPS) is 17.1. The largest absolute Gasteiger partial charge is 0.372 e. The lowest BCUT2D eigenvalue weighted by molar-refractivity contribution is 0.236. The number of hydrogen-bond acceptors (Lipinski definition) is 2. The SMILES string of the molecule is CC(NC(=O)N=[N+]=[N-])C1CCN(c2ccccc2)CC1. The van der Waals surface area contributed by atoms with Crippen LogP contribution in [0.3, 0.4) is 0 Å². The van der Waals surface area contributed by atoms with Gasteiger partial charge in [0.2, 0.25) is 0 Å². The lowest BCUT2D eigenvalue weighted by atomic mass is 9.90. The van der Waals surface area contributed by atoms with Crippen LogP contribution in [0.5, 0.6) is 0 Å². The molecule has 1 aliphatic heterocycles. The van der Waals surface area contributed by atoms with Crippen molar-refractivity contribution in [2.75, 3.05) is 18.0 Å². The van der Waals surface area contributed by atoms with E-state index in [1.165, 1.54) is 5.69 Å². The lowest BCUT2D eigenvalue weighted by Crippen LogP contribution is -2.43. The molecule has 6 nitrogen and oxygen atoms in total. The van der Waals surface area contributed by atoms with Gasteiger partial charge in [-0.25, -0.2) is 0 Å². The molecular formula is C14H19N5O. The van der Waals surface area contributed by atoms with E-state index in [1.54, 1.807) is 0 Å². The molecule has 1 heterocycles. The van der Waals surface area contributed by atoms with E-state index >= 15 is 0 Å². The first-order valence-corrected chi connectivity index (χ1v) is 6.86. The smallest absolute Gasteiger partial charge is 0.308 e. The second kappa shape index (κ2) is 6.82. The molecule has 1 atom stereocenters. The zero-order chi connectivity index (χ0) is 14.4. The standard InChI is InChI=1S/C14H19N5O/c1-11(16-14(20)17-18-15)12-7-9-19(10-8-12)13-5-3-2-4-6-13/h2-6,11-12H,7-10H2,1H3,(H,16,20). The molecule has 1 aliphatic rings. The molecule has 106 valence electrons. The van der Waals surface area contributed by atoms with Crippen molar-refractivity contribution in [2.45, 2.75) is 25.8 Å². The van der Waals surface area contributed by atoms with Gasteiger partial charge in [0.05, 0.1) is 0 Å². The minimum absolute atomic E-state index is 0.0333. The molecule has 1 aromatic rings. The van der Waals surface area contributed by atoms with Gasteiger partial charge in [-0.1, -0.05) is 18.2 Å². The van der Waals surface area contributed by atoms with E-state index < -0.39 is 6.03 Å². The summed E-state index contributed by atoms with van der Waals surface area (Å²) in [5.41, 5.74) is 9.46. The monoisotopic (exact) mass is 273 g/mol. The highest BCUT2D eigenvalue weighted by molar-refractivity contribution is 5.74. The summed E-state index contributed by atoms with van der Waals surface area (Å²) in [6, 6.07) is 9.79. The summed E-state index contributed by atoms with van der Waals surface area (Å²) in [5.74, 6) is 0.424. The van der Waals surface area contributed by atoms with E-state index in [-0.39, 0.29) is 6.04 Å². The molecule has 0 radical (unpaired) electrons. The molecule has 1 N–H and O–H groups in total. The van der Waals surface area contributed by atoms with E-state index in [0.717, 1.165) is 25.9 Å². The maximum atomic E-state index is 11.2. The summed E-state index contributed by atoms with van der Waals surface area (Å²) >= 11 is 0. The van der Waals surface area contributed by atoms with Crippen molar-refractivity contribution in [1.29, 1.82) is 0 Å². The Balaban J connectivity index is 1.85. The van der Waals surface area contributed by atoms with Crippen LogP contribution in [0.25, 0.3) is 10.4 Å². The number of piperidine rings is 1. The number of para-hydroxylation sites is 1. The van der Waals surface area contributed by atoms with Crippen molar-refractivity contribution in [3.63, 3.8) is 0 Å². The highest BCUT2D eigenvalue weighted by atomic mass is 16.2. The van der Waals surface area contributed by atoms with Gasteiger partial charge in [0.1, 0.15) is 0 Å². The Kier molecular flexibility index (Phi) is 4.85. The van der Waals surface area contributed by atoms with Crippen molar-refractivity contribution >= 4 is 11.7 Å². The average Bonchev–Trinajstić information content (AvgIpc) is 2.48. The van der Waals surface area contributed by atoms with E-state index in [1.807, 2.05) is 25.1 Å². The molecular weight excluding hydrogens is 254 g/mol. The third-order valence-electron chi connectivity index (χ3n) is 3.85. The summed E-state index contributed by atoms with van der Waals surface area (Å²) in [5, 5.41) is 5.77. The molecule has 6 heteroatoms. The van der Waals surface area contributed by atoms with Crippen LogP contribution in [-0.4, -0.2) is 25.2 Å².